The Balaban J connectivity index is 1.89. The fourth-order valence-electron chi connectivity index (χ4n) is 2.78. The Morgan fingerprint density at radius 1 is 1.38 bits per heavy atom. The summed E-state index contributed by atoms with van der Waals surface area (Å²) in [6, 6.07) is 0. The Labute approximate surface area is 129 Å². The molecule has 0 saturated carbocycles. The molecule has 1 aliphatic rings. The maximum atomic E-state index is 5.96. The van der Waals surface area contributed by atoms with Gasteiger partial charge in [0.2, 0.25) is 10.1 Å². The van der Waals surface area contributed by atoms with Crippen molar-refractivity contribution >= 4 is 21.4 Å². The number of hydrogen-bond acceptors (Lipinski definition) is 5. The Bertz CT molecular complexity index is 621. The van der Waals surface area contributed by atoms with Crippen molar-refractivity contribution in [3.05, 3.63) is 11.9 Å². The van der Waals surface area contributed by atoms with Gasteiger partial charge in [0, 0.05) is 18.5 Å². The standard InChI is InChI=1S/C15H24N4OS/c1-10-7-18(9-15(5,6)20-10)13-17-19-8-11(14(2,3)4)16-12(19)21-13/h8,10H,7,9H2,1-6H3. The second-order valence-corrected chi connectivity index (χ2v) is 8.49. The number of nitrogens with zero attached hydrogens (tertiary/aromatic N) is 4. The molecule has 0 bridgehead atoms. The zero-order valence-electron chi connectivity index (χ0n) is 13.7. The predicted molar refractivity (Wildman–Crippen MR) is 86.4 cm³/mol. The van der Waals surface area contributed by atoms with Crippen LogP contribution in [0.1, 0.15) is 47.2 Å². The summed E-state index contributed by atoms with van der Waals surface area (Å²) in [5, 5.41) is 5.74. The molecule has 0 N–H and O–H groups in total. The van der Waals surface area contributed by atoms with Crippen LogP contribution in [0.2, 0.25) is 0 Å². The van der Waals surface area contributed by atoms with E-state index in [1.54, 1.807) is 11.3 Å². The van der Waals surface area contributed by atoms with E-state index >= 15 is 0 Å². The van der Waals surface area contributed by atoms with E-state index in [1.165, 1.54) is 0 Å². The molecule has 21 heavy (non-hydrogen) atoms. The van der Waals surface area contributed by atoms with E-state index in [4.69, 9.17) is 14.8 Å². The molecule has 3 rings (SSSR count). The van der Waals surface area contributed by atoms with Crippen LogP contribution in [0, 0.1) is 0 Å². The summed E-state index contributed by atoms with van der Waals surface area (Å²) in [7, 11) is 0. The van der Waals surface area contributed by atoms with Gasteiger partial charge >= 0.3 is 0 Å². The summed E-state index contributed by atoms with van der Waals surface area (Å²) in [6.45, 7) is 14.6. The number of anilines is 1. The maximum absolute atomic E-state index is 5.96. The van der Waals surface area contributed by atoms with Crippen LogP contribution < -0.4 is 4.90 Å². The number of imidazole rings is 1. The minimum absolute atomic E-state index is 0.0586. The fourth-order valence-corrected chi connectivity index (χ4v) is 3.67. The normalized spacial score (nSPS) is 23.0. The first kappa shape index (κ1) is 14.8. The average Bonchev–Trinajstić information content (AvgIpc) is 2.81. The third-order valence-electron chi connectivity index (χ3n) is 3.64. The molecule has 116 valence electrons. The molecule has 2 aromatic rings. The zero-order chi connectivity index (χ0) is 15.4. The van der Waals surface area contributed by atoms with Crippen LogP contribution in [0.4, 0.5) is 5.13 Å². The number of hydrogen-bond donors (Lipinski definition) is 0. The lowest BCUT2D eigenvalue weighted by Gasteiger charge is -2.41. The topological polar surface area (TPSA) is 42.7 Å². The smallest absolute Gasteiger partial charge is 0.214 e. The van der Waals surface area contributed by atoms with Crippen molar-refractivity contribution in [1.82, 2.24) is 14.6 Å². The van der Waals surface area contributed by atoms with E-state index in [0.29, 0.717) is 0 Å². The molecule has 0 aromatic carbocycles. The molecule has 1 aliphatic heterocycles. The van der Waals surface area contributed by atoms with E-state index in [0.717, 1.165) is 28.9 Å². The van der Waals surface area contributed by atoms with Crippen LogP contribution in [0.25, 0.3) is 4.96 Å². The first-order chi connectivity index (χ1) is 9.64. The average molecular weight is 308 g/mol. The maximum Gasteiger partial charge on any atom is 0.214 e. The quantitative estimate of drug-likeness (QED) is 0.812. The number of ether oxygens (including phenoxy) is 1. The lowest BCUT2D eigenvalue weighted by Crippen LogP contribution is -2.52. The highest BCUT2D eigenvalue weighted by atomic mass is 32.1. The molecule has 1 atom stereocenters. The van der Waals surface area contributed by atoms with Gasteiger partial charge in [0.25, 0.3) is 0 Å². The van der Waals surface area contributed by atoms with Crippen LogP contribution in [0.15, 0.2) is 6.20 Å². The van der Waals surface area contributed by atoms with Crippen molar-refractivity contribution in [1.29, 1.82) is 0 Å². The molecule has 6 heteroatoms. The van der Waals surface area contributed by atoms with Crippen molar-refractivity contribution in [2.75, 3.05) is 18.0 Å². The number of rotatable bonds is 1. The highest BCUT2D eigenvalue weighted by Gasteiger charge is 2.33. The third-order valence-corrected chi connectivity index (χ3v) is 4.62. The van der Waals surface area contributed by atoms with E-state index in [2.05, 4.69) is 46.4 Å². The van der Waals surface area contributed by atoms with Gasteiger partial charge in [-0.15, -0.1) is 5.10 Å². The summed E-state index contributed by atoms with van der Waals surface area (Å²) in [4.78, 5) is 7.99. The minimum Gasteiger partial charge on any atom is -0.369 e. The van der Waals surface area contributed by atoms with E-state index < -0.39 is 0 Å². The van der Waals surface area contributed by atoms with E-state index in [-0.39, 0.29) is 17.1 Å². The van der Waals surface area contributed by atoms with E-state index in [9.17, 15) is 0 Å². The number of fused-ring (bicyclic) bond motifs is 1. The van der Waals surface area contributed by atoms with Crippen LogP contribution in [-0.2, 0) is 10.2 Å². The second kappa shape index (κ2) is 4.68. The summed E-state index contributed by atoms with van der Waals surface area (Å²) in [5.41, 5.74) is 1.01. The summed E-state index contributed by atoms with van der Waals surface area (Å²) in [5.74, 6) is 0. The van der Waals surface area contributed by atoms with Gasteiger partial charge in [-0.2, -0.15) is 0 Å². The van der Waals surface area contributed by atoms with Gasteiger partial charge in [0.15, 0.2) is 0 Å². The molecular weight excluding hydrogens is 284 g/mol. The molecule has 3 heterocycles. The zero-order valence-corrected chi connectivity index (χ0v) is 14.5. The molecule has 5 nitrogen and oxygen atoms in total. The van der Waals surface area contributed by atoms with Gasteiger partial charge in [-0.25, -0.2) is 9.50 Å². The molecular formula is C15H24N4OS. The highest BCUT2D eigenvalue weighted by Crippen LogP contribution is 2.31. The highest BCUT2D eigenvalue weighted by molar-refractivity contribution is 7.20. The lowest BCUT2D eigenvalue weighted by molar-refractivity contribution is -0.0750. The van der Waals surface area contributed by atoms with Gasteiger partial charge in [-0.1, -0.05) is 32.1 Å². The molecule has 0 amide bonds. The van der Waals surface area contributed by atoms with E-state index in [1.807, 2.05) is 10.7 Å². The van der Waals surface area contributed by atoms with Crippen LogP contribution >= 0.6 is 11.3 Å². The van der Waals surface area contributed by atoms with Crippen molar-refractivity contribution in [2.45, 2.75) is 58.7 Å². The van der Waals surface area contributed by atoms with Crippen molar-refractivity contribution in [2.24, 2.45) is 0 Å². The number of aromatic nitrogens is 3. The largest absolute Gasteiger partial charge is 0.369 e. The lowest BCUT2D eigenvalue weighted by atomic mass is 9.93. The third kappa shape index (κ3) is 2.92. The molecule has 0 spiro atoms. The Morgan fingerprint density at radius 3 is 2.67 bits per heavy atom. The predicted octanol–water partition coefficient (Wildman–Crippen LogP) is 3.09. The number of morpholine rings is 1. The fraction of sp³-hybridized carbons (Fsp3) is 0.733. The first-order valence-corrected chi connectivity index (χ1v) is 8.25. The van der Waals surface area contributed by atoms with Crippen molar-refractivity contribution < 1.29 is 4.74 Å². The van der Waals surface area contributed by atoms with Gasteiger partial charge < -0.3 is 9.64 Å². The first-order valence-electron chi connectivity index (χ1n) is 7.43. The van der Waals surface area contributed by atoms with Crippen molar-refractivity contribution in [3.8, 4) is 0 Å². The van der Waals surface area contributed by atoms with Gasteiger partial charge in [0.1, 0.15) is 0 Å². The summed E-state index contributed by atoms with van der Waals surface area (Å²) < 4.78 is 7.87. The van der Waals surface area contributed by atoms with Crippen LogP contribution in [0.3, 0.4) is 0 Å². The molecule has 0 radical (unpaired) electrons. The molecule has 2 aromatic heterocycles. The Morgan fingerprint density at radius 2 is 2.10 bits per heavy atom. The minimum atomic E-state index is -0.137. The van der Waals surface area contributed by atoms with Gasteiger partial charge in [0.05, 0.1) is 23.6 Å². The Kier molecular flexibility index (Phi) is 3.29. The van der Waals surface area contributed by atoms with Gasteiger partial charge in [-0.05, 0) is 20.8 Å². The molecule has 1 fully saturated rings. The molecule has 1 saturated heterocycles. The summed E-state index contributed by atoms with van der Waals surface area (Å²) >= 11 is 1.65. The van der Waals surface area contributed by atoms with Crippen molar-refractivity contribution in [3.63, 3.8) is 0 Å². The van der Waals surface area contributed by atoms with Crippen LogP contribution in [0.5, 0.6) is 0 Å². The van der Waals surface area contributed by atoms with Gasteiger partial charge in [-0.3, -0.25) is 0 Å². The molecule has 0 aliphatic carbocycles. The second-order valence-electron chi connectivity index (χ2n) is 7.56. The SMILES string of the molecule is CC1CN(c2nn3cc(C(C)(C)C)nc3s2)CC(C)(C)O1. The Hall–Kier alpha value is -1.14. The van der Waals surface area contributed by atoms with Crippen LogP contribution in [-0.4, -0.2) is 39.4 Å². The molecule has 1 unspecified atom stereocenters. The summed E-state index contributed by atoms with van der Waals surface area (Å²) in [6.07, 6.45) is 2.26. The monoisotopic (exact) mass is 308 g/mol.